The minimum atomic E-state index is -0.817. The second-order valence-corrected chi connectivity index (χ2v) is 5.64. The Balaban J connectivity index is 1.87. The van der Waals surface area contributed by atoms with E-state index in [4.69, 9.17) is 0 Å². The summed E-state index contributed by atoms with van der Waals surface area (Å²) < 4.78 is 39.8. The van der Waals surface area contributed by atoms with Crippen LogP contribution in [0.4, 0.5) is 13.2 Å². The van der Waals surface area contributed by atoms with E-state index in [0.29, 0.717) is 12.0 Å². The third kappa shape index (κ3) is 5.27. The summed E-state index contributed by atoms with van der Waals surface area (Å²) >= 11 is 0. The van der Waals surface area contributed by atoms with Crippen molar-refractivity contribution in [2.75, 3.05) is 0 Å². The fourth-order valence-electron chi connectivity index (χ4n) is 2.41. The summed E-state index contributed by atoms with van der Waals surface area (Å²) in [6.45, 7) is 2.01. The van der Waals surface area contributed by atoms with Crippen molar-refractivity contribution in [2.45, 2.75) is 39.0 Å². The van der Waals surface area contributed by atoms with Crippen LogP contribution in [0.1, 0.15) is 42.9 Å². The van der Waals surface area contributed by atoms with Crippen LogP contribution in [0.25, 0.3) is 5.83 Å². The molecular formula is C20H21F3. The maximum Gasteiger partial charge on any atom is 0.159 e. The summed E-state index contributed by atoms with van der Waals surface area (Å²) in [5, 5.41) is 0. The third-order valence-corrected chi connectivity index (χ3v) is 3.76. The highest BCUT2D eigenvalue weighted by Gasteiger charge is 2.03. The van der Waals surface area contributed by atoms with Crippen molar-refractivity contribution in [2.24, 2.45) is 0 Å². The normalized spacial score (nSPS) is 11.7. The van der Waals surface area contributed by atoms with Crippen molar-refractivity contribution < 1.29 is 13.2 Å². The van der Waals surface area contributed by atoms with Gasteiger partial charge < -0.3 is 0 Å². The lowest BCUT2D eigenvalue weighted by atomic mass is 10.0. The molecule has 0 unspecified atom stereocenters. The molecule has 0 atom stereocenters. The summed E-state index contributed by atoms with van der Waals surface area (Å²) in [5.74, 6) is -1.80. The standard InChI is InChI=1S/C20H21F3/c1-2-3-7-18(21)17-11-8-15(9-12-17)5-4-6-16-10-13-19(22)20(23)14-16/h7-14H,2-6H2,1H3. The molecule has 0 N–H and O–H groups in total. The highest BCUT2D eigenvalue weighted by Crippen LogP contribution is 2.19. The average Bonchev–Trinajstić information content (AvgIpc) is 2.56. The van der Waals surface area contributed by atoms with Crippen molar-refractivity contribution in [3.63, 3.8) is 0 Å². The molecule has 122 valence electrons. The molecule has 23 heavy (non-hydrogen) atoms. The molecule has 0 aromatic heterocycles. The lowest BCUT2D eigenvalue weighted by molar-refractivity contribution is 0.507. The first-order valence-electron chi connectivity index (χ1n) is 7.99. The monoisotopic (exact) mass is 318 g/mol. The van der Waals surface area contributed by atoms with Crippen LogP contribution in [-0.4, -0.2) is 0 Å². The highest BCUT2D eigenvalue weighted by molar-refractivity contribution is 5.59. The summed E-state index contributed by atoms with van der Waals surface area (Å²) in [6, 6.07) is 11.4. The summed E-state index contributed by atoms with van der Waals surface area (Å²) in [7, 11) is 0. The molecule has 3 heteroatoms. The van der Waals surface area contributed by atoms with E-state index in [1.807, 2.05) is 19.1 Å². The third-order valence-electron chi connectivity index (χ3n) is 3.76. The summed E-state index contributed by atoms with van der Waals surface area (Å²) in [5.41, 5.74) is 2.50. The molecule has 0 radical (unpaired) electrons. The number of aryl methyl sites for hydroxylation is 2. The van der Waals surface area contributed by atoms with Gasteiger partial charge in [-0.15, -0.1) is 0 Å². The zero-order chi connectivity index (χ0) is 16.7. The molecule has 0 fully saturated rings. The molecule has 0 aliphatic carbocycles. The van der Waals surface area contributed by atoms with Gasteiger partial charge in [0.1, 0.15) is 5.83 Å². The number of benzene rings is 2. The Morgan fingerprint density at radius 3 is 2.22 bits per heavy atom. The Morgan fingerprint density at radius 1 is 0.913 bits per heavy atom. The van der Waals surface area contributed by atoms with Crippen LogP contribution < -0.4 is 0 Å². The number of allylic oxidation sites excluding steroid dienone is 1. The highest BCUT2D eigenvalue weighted by atomic mass is 19.2. The predicted molar refractivity (Wildman–Crippen MR) is 88.8 cm³/mol. The lowest BCUT2D eigenvalue weighted by Gasteiger charge is -2.05. The molecule has 2 aromatic carbocycles. The van der Waals surface area contributed by atoms with Crippen LogP contribution in [0.5, 0.6) is 0 Å². The second kappa shape index (κ2) is 8.56. The molecule has 0 aliphatic heterocycles. The number of hydrogen-bond acceptors (Lipinski definition) is 0. The Hall–Kier alpha value is -2.03. The van der Waals surface area contributed by atoms with E-state index in [0.717, 1.165) is 42.9 Å². The number of hydrogen-bond donors (Lipinski definition) is 0. The van der Waals surface area contributed by atoms with Gasteiger partial charge in [-0.05, 0) is 55.0 Å². The van der Waals surface area contributed by atoms with Crippen LogP contribution in [0.2, 0.25) is 0 Å². The average molecular weight is 318 g/mol. The van der Waals surface area contributed by atoms with Crippen molar-refractivity contribution in [3.05, 3.63) is 76.9 Å². The van der Waals surface area contributed by atoms with Gasteiger partial charge in [0.05, 0.1) is 0 Å². The van der Waals surface area contributed by atoms with E-state index in [1.54, 1.807) is 24.3 Å². The Morgan fingerprint density at radius 2 is 1.57 bits per heavy atom. The van der Waals surface area contributed by atoms with Gasteiger partial charge in [0.25, 0.3) is 0 Å². The van der Waals surface area contributed by atoms with Crippen LogP contribution in [0.15, 0.2) is 48.5 Å². The maximum absolute atomic E-state index is 13.8. The van der Waals surface area contributed by atoms with E-state index in [2.05, 4.69) is 0 Å². The largest absolute Gasteiger partial charge is 0.207 e. The van der Waals surface area contributed by atoms with Crippen molar-refractivity contribution in [1.82, 2.24) is 0 Å². The van der Waals surface area contributed by atoms with E-state index in [9.17, 15) is 13.2 Å². The molecule has 2 rings (SSSR count). The molecule has 0 saturated carbocycles. The number of halogens is 3. The summed E-state index contributed by atoms with van der Waals surface area (Å²) in [6.07, 6.45) is 5.61. The number of rotatable bonds is 7. The van der Waals surface area contributed by atoms with Gasteiger partial charge in [-0.1, -0.05) is 43.7 Å². The molecule has 0 heterocycles. The van der Waals surface area contributed by atoms with Gasteiger partial charge in [-0.3, -0.25) is 0 Å². The van der Waals surface area contributed by atoms with E-state index >= 15 is 0 Å². The van der Waals surface area contributed by atoms with Crippen LogP contribution in [-0.2, 0) is 12.8 Å². The zero-order valence-electron chi connectivity index (χ0n) is 13.3. The van der Waals surface area contributed by atoms with E-state index in [1.165, 1.54) is 6.07 Å². The van der Waals surface area contributed by atoms with E-state index < -0.39 is 11.6 Å². The van der Waals surface area contributed by atoms with Gasteiger partial charge in [0.2, 0.25) is 0 Å². The Labute approximate surface area is 135 Å². The van der Waals surface area contributed by atoms with Gasteiger partial charge in [-0.25, -0.2) is 13.2 Å². The van der Waals surface area contributed by atoms with Crippen LogP contribution in [0, 0.1) is 11.6 Å². The lowest BCUT2D eigenvalue weighted by Crippen LogP contribution is -1.93. The predicted octanol–water partition coefficient (Wildman–Crippen LogP) is 6.25. The Kier molecular flexibility index (Phi) is 6.45. The fraction of sp³-hybridized carbons (Fsp3) is 0.300. The number of unbranched alkanes of at least 4 members (excludes halogenated alkanes) is 1. The molecule has 0 bridgehead atoms. The maximum atomic E-state index is 13.8. The molecule has 0 amide bonds. The molecule has 0 aliphatic rings. The molecular weight excluding hydrogens is 297 g/mol. The first kappa shape index (κ1) is 17.3. The molecule has 0 nitrogen and oxygen atoms in total. The first-order chi connectivity index (χ1) is 11.1. The molecule has 0 spiro atoms. The van der Waals surface area contributed by atoms with Crippen LogP contribution >= 0.6 is 0 Å². The summed E-state index contributed by atoms with van der Waals surface area (Å²) in [4.78, 5) is 0. The van der Waals surface area contributed by atoms with E-state index in [-0.39, 0.29) is 5.83 Å². The minimum absolute atomic E-state index is 0.180. The minimum Gasteiger partial charge on any atom is -0.207 e. The fourth-order valence-corrected chi connectivity index (χ4v) is 2.41. The van der Waals surface area contributed by atoms with Gasteiger partial charge in [-0.2, -0.15) is 0 Å². The van der Waals surface area contributed by atoms with Crippen molar-refractivity contribution >= 4 is 5.83 Å². The topological polar surface area (TPSA) is 0 Å². The quantitative estimate of drug-likeness (QED) is 0.566. The molecule has 0 saturated heterocycles. The van der Waals surface area contributed by atoms with Crippen molar-refractivity contribution in [3.8, 4) is 0 Å². The van der Waals surface area contributed by atoms with Gasteiger partial charge in [0, 0.05) is 5.56 Å². The second-order valence-electron chi connectivity index (χ2n) is 5.64. The van der Waals surface area contributed by atoms with Gasteiger partial charge in [0.15, 0.2) is 11.6 Å². The van der Waals surface area contributed by atoms with Gasteiger partial charge >= 0.3 is 0 Å². The SMILES string of the molecule is CCCC=C(F)c1ccc(CCCc2ccc(F)c(F)c2)cc1. The smallest absolute Gasteiger partial charge is 0.159 e. The zero-order valence-corrected chi connectivity index (χ0v) is 13.3. The first-order valence-corrected chi connectivity index (χ1v) is 7.99. The van der Waals surface area contributed by atoms with Crippen molar-refractivity contribution in [1.29, 1.82) is 0 Å². The molecule has 2 aromatic rings. The Bertz CT molecular complexity index is 657. The van der Waals surface area contributed by atoms with Crippen LogP contribution in [0.3, 0.4) is 0 Å².